The lowest BCUT2D eigenvalue weighted by Crippen LogP contribution is -2.30. The summed E-state index contributed by atoms with van der Waals surface area (Å²) in [6.07, 6.45) is 6.16. The Morgan fingerprint density at radius 2 is 0.765 bits per heavy atom. The predicted molar refractivity (Wildman–Crippen MR) is 139 cm³/mol. The Morgan fingerprint density at radius 1 is 0.441 bits per heavy atom. The molecule has 0 aliphatic heterocycles. The van der Waals surface area contributed by atoms with Crippen LogP contribution < -0.4 is 9.47 Å². The molecule has 172 valence electrons. The van der Waals surface area contributed by atoms with E-state index in [-0.39, 0.29) is 5.41 Å². The van der Waals surface area contributed by atoms with E-state index in [0.717, 1.165) is 23.0 Å². The molecule has 34 heavy (non-hydrogen) atoms. The Kier molecular flexibility index (Phi) is 6.40. The van der Waals surface area contributed by atoms with Crippen LogP contribution in [0.25, 0.3) is 0 Å². The van der Waals surface area contributed by atoms with Gasteiger partial charge in [-0.05, 0) is 86.3 Å². The van der Waals surface area contributed by atoms with E-state index in [9.17, 15) is 0 Å². The maximum absolute atomic E-state index is 6.08. The average Bonchev–Trinajstić information content (AvgIpc) is 2.88. The first-order chi connectivity index (χ1) is 16.6. The largest absolute Gasteiger partial charge is 0.457 e. The van der Waals surface area contributed by atoms with Gasteiger partial charge in [0.05, 0.1) is 0 Å². The van der Waals surface area contributed by atoms with E-state index in [1.165, 1.54) is 54.4 Å². The first-order valence-electron chi connectivity index (χ1n) is 12.3. The zero-order valence-electron chi connectivity index (χ0n) is 20.1. The molecule has 0 spiro atoms. The maximum atomic E-state index is 6.08. The molecule has 2 nitrogen and oxygen atoms in total. The highest BCUT2D eigenvalue weighted by molar-refractivity contribution is 5.45. The molecule has 1 fully saturated rings. The third-order valence-electron chi connectivity index (χ3n) is 7.03. The summed E-state index contributed by atoms with van der Waals surface area (Å²) in [7, 11) is 0. The first-order valence-corrected chi connectivity index (χ1v) is 12.3. The van der Waals surface area contributed by atoms with Gasteiger partial charge in [0, 0.05) is 5.41 Å². The molecule has 0 atom stereocenters. The van der Waals surface area contributed by atoms with Crippen LogP contribution in [0.5, 0.6) is 23.0 Å². The van der Waals surface area contributed by atoms with Crippen molar-refractivity contribution in [3.8, 4) is 23.0 Å². The maximum Gasteiger partial charge on any atom is 0.127 e. The van der Waals surface area contributed by atoms with E-state index in [1.807, 2.05) is 24.3 Å². The topological polar surface area (TPSA) is 18.5 Å². The third kappa shape index (κ3) is 4.87. The number of hydrogen-bond donors (Lipinski definition) is 0. The van der Waals surface area contributed by atoms with Gasteiger partial charge in [0.2, 0.25) is 0 Å². The standard InChI is InChI=1S/C32H32O2/c1-24-6-14-28(15-7-24)33-30-18-10-26(11-19-30)32(22-4-3-5-23-32)27-12-20-31(21-13-27)34-29-16-8-25(2)9-17-29/h6-21H,3-5,22-23H2,1-2H3. The van der Waals surface area contributed by atoms with E-state index < -0.39 is 0 Å². The number of ether oxygens (including phenoxy) is 2. The van der Waals surface area contributed by atoms with E-state index in [1.54, 1.807) is 0 Å². The minimum absolute atomic E-state index is 0.0447. The van der Waals surface area contributed by atoms with Gasteiger partial charge in [-0.25, -0.2) is 0 Å². The van der Waals surface area contributed by atoms with Crippen molar-refractivity contribution < 1.29 is 9.47 Å². The van der Waals surface area contributed by atoms with Crippen molar-refractivity contribution in [2.24, 2.45) is 0 Å². The molecular formula is C32H32O2. The average molecular weight is 449 g/mol. The van der Waals surface area contributed by atoms with Gasteiger partial charge in [-0.1, -0.05) is 78.9 Å². The van der Waals surface area contributed by atoms with Crippen LogP contribution >= 0.6 is 0 Å². The summed E-state index contributed by atoms with van der Waals surface area (Å²) in [6, 6.07) is 33.9. The zero-order chi connectivity index (χ0) is 23.4. The van der Waals surface area contributed by atoms with E-state index in [4.69, 9.17) is 9.47 Å². The van der Waals surface area contributed by atoms with Crippen LogP contribution in [-0.2, 0) is 5.41 Å². The van der Waals surface area contributed by atoms with Crippen LogP contribution in [0.3, 0.4) is 0 Å². The minimum atomic E-state index is 0.0447. The van der Waals surface area contributed by atoms with Crippen LogP contribution in [0, 0.1) is 13.8 Å². The van der Waals surface area contributed by atoms with Gasteiger partial charge in [0.15, 0.2) is 0 Å². The SMILES string of the molecule is Cc1ccc(Oc2ccc(C3(c4ccc(Oc5ccc(C)cc5)cc4)CCCCC3)cc2)cc1. The van der Waals surface area contributed by atoms with Crippen LogP contribution in [0.15, 0.2) is 97.1 Å². The van der Waals surface area contributed by atoms with Crippen molar-refractivity contribution in [3.63, 3.8) is 0 Å². The molecule has 0 N–H and O–H groups in total. The van der Waals surface area contributed by atoms with Crippen molar-refractivity contribution in [2.75, 3.05) is 0 Å². The van der Waals surface area contributed by atoms with Crippen LogP contribution in [0.4, 0.5) is 0 Å². The van der Waals surface area contributed by atoms with Crippen LogP contribution in [0.1, 0.15) is 54.4 Å². The lowest BCUT2D eigenvalue weighted by atomic mass is 9.65. The quantitative estimate of drug-likeness (QED) is 0.293. The Morgan fingerprint density at radius 3 is 1.12 bits per heavy atom. The van der Waals surface area contributed by atoms with E-state index in [0.29, 0.717) is 0 Å². The zero-order valence-corrected chi connectivity index (χ0v) is 20.1. The monoisotopic (exact) mass is 448 g/mol. The number of aryl methyl sites for hydroxylation is 2. The molecule has 1 aliphatic carbocycles. The lowest BCUT2D eigenvalue weighted by molar-refractivity contribution is 0.345. The summed E-state index contributed by atoms with van der Waals surface area (Å²) in [5.41, 5.74) is 5.25. The van der Waals surface area contributed by atoms with Gasteiger partial charge in [-0.3, -0.25) is 0 Å². The molecule has 4 aromatic carbocycles. The Balaban J connectivity index is 1.38. The summed E-state index contributed by atoms with van der Waals surface area (Å²) in [4.78, 5) is 0. The molecule has 5 rings (SSSR count). The summed E-state index contributed by atoms with van der Waals surface area (Å²) in [5, 5.41) is 0. The third-order valence-corrected chi connectivity index (χ3v) is 7.03. The molecule has 0 saturated heterocycles. The normalized spacial score (nSPS) is 15.0. The minimum Gasteiger partial charge on any atom is -0.457 e. The van der Waals surface area contributed by atoms with Crippen molar-refractivity contribution >= 4 is 0 Å². The molecule has 0 unspecified atom stereocenters. The number of hydrogen-bond acceptors (Lipinski definition) is 2. The second-order valence-electron chi connectivity index (χ2n) is 9.52. The van der Waals surface area contributed by atoms with Gasteiger partial charge in [0.25, 0.3) is 0 Å². The van der Waals surface area contributed by atoms with Crippen LogP contribution in [-0.4, -0.2) is 0 Å². The smallest absolute Gasteiger partial charge is 0.127 e. The molecule has 0 aromatic heterocycles. The molecule has 1 saturated carbocycles. The van der Waals surface area contributed by atoms with E-state index in [2.05, 4.69) is 86.6 Å². The Hall–Kier alpha value is -3.52. The predicted octanol–water partition coefficient (Wildman–Crippen LogP) is 9.14. The number of rotatable bonds is 6. The molecule has 1 aliphatic rings. The fraction of sp³-hybridized carbons (Fsp3) is 0.250. The fourth-order valence-corrected chi connectivity index (χ4v) is 5.07. The van der Waals surface area contributed by atoms with Crippen molar-refractivity contribution in [3.05, 3.63) is 119 Å². The van der Waals surface area contributed by atoms with E-state index >= 15 is 0 Å². The molecule has 0 heterocycles. The lowest BCUT2D eigenvalue weighted by Gasteiger charge is -2.38. The summed E-state index contributed by atoms with van der Waals surface area (Å²) in [5.74, 6) is 3.49. The van der Waals surface area contributed by atoms with Crippen LogP contribution in [0.2, 0.25) is 0 Å². The van der Waals surface area contributed by atoms with Crippen molar-refractivity contribution in [1.29, 1.82) is 0 Å². The Labute approximate surface area is 203 Å². The van der Waals surface area contributed by atoms with Gasteiger partial charge >= 0.3 is 0 Å². The Bertz CT molecular complexity index is 1110. The van der Waals surface area contributed by atoms with Crippen molar-refractivity contribution in [2.45, 2.75) is 51.4 Å². The van der Waals surface area contributed by atoms with Crippen molar-refractivity contribution in [1.82, 2.24) is 0 Å². The highest BCUT2D eigenvalue weighted by Gasteiger charge is 2.35. The highest BCUT2D eigenvalue weighted by Crippen LogP contribution is 2.45. The van der Waals surface area contributed by atoms with Gasteiger partial charge in [-0.2, -0.15) is 0 Å². The molecule has 2 heteroatoms. The molecule has 0 radical (unpaired) electrons. The number of benzene rings is 4. The molecule has 4 aromatic rings. The van der Waals surface area contributed by atoms with Gasteiger partial charge < -0.3 is 9.47 Å². The fourth-order valence-electron chi connectivity index (χ4n) is 5.07. The molecule has 0 bridgehead atoms. The van der Waals surface area contributed by atoms with Gasteiger partial charge in [0.1, 0.15) is 23.0 Å². The van der Waals surface area contributed by atoms with Gasteiger partial charge in [-0.15, -0.1) is 0 Å². The second kappa shape index (κ2) is 9.77. The summed E-state index contributed by atoms with van der Waals surface area (Å²) in [6.45, 7) is 4.17. The summed E-state index contributed by atoms with van der Waals surface area (Å²) >= 11 is 0. The molecular weight excluding hydrogens is 416 g/mol. The molecule has 0 amide bonds. The first kappa shape index (κ1) is 22.3. The second-order valence-corrected chi connectivity index (χ2v) is 9.52. The highest BCUT2D eigenvalue weighted by atomic mass is 16.5. The summed E-state index contributed by atoms with van der Waals surface area (Å²) < 4.78 is 12.2.